The Morgan fingerprint density at radius 1 is 1.21 bits per heavy atom. The highest BCUT2D eigenvalue weighted by atomic mass is 16.1. The van der Waals surface area contributed by atoms with Crippen molar-refractivity contribution in [2.45, 2.75) is 25.7 Å². The molecule has 0 radical (unpaired) electrons. The van der Waals surface area contributed by atoms with Gasteiger partial charge in [-0.2, -0.15) is 0 Å². The van der Waals surface area contributed by atoms with E-state index in [0.29, 0.717) is 5.92 Å². The molecule has 1 fully saturated rings. The maximum Gasteiger partial charge on any atom is 0.168 e. The SMILES string of the molecule is Cc1ccc(C(=O)C2CCC2c2cccnc2)cn1. The standard InChI is InChI=1S/C16H16N2O/c1-11-4-5-13(10-18-11)16(19)15-7-6-14(15)12-3-2-8-17-9-12/h2-5,8-10,14-15H,6-7H2,1H3. The van der Waals surface area contributed by atoms with E-state index in [4.69, 9.17) is 0 Å². The maximum absolute atomic E-state index is 12.5. The summed E-state index contributed by atoms with van der Waals surface area (Å²) in [4.78, 5) is 20.8. The first-order chi connectivity index (χ1) is 9.25. The Kier molecular flexibility index (Phi) is 3.11. The van der Waals surface area contributed by atoms with Crippen LogP contribution in [0, 0.1) is 12.8 Å². The molecule has 2 heterocycles. The van der Waals surface area contributed by atoms with Gasteiger partial charge in [-0.25, -0.2) is 0 Å². The van der Waals surface area contributed by atoms with Gasteiger partial charge in [0.05, 0.1) is 0 Å². The van der Waals surface area contributed by atoms with Gasteiger partial charge in [-0.1, -0.05) is 6.07 Å². The molecular weight excluding hydrogens is 236 g/mol. The molecule has 3 heteroatoms. The number of pyridine rings is 2. The predicted molar refractivity (Wildman–Crippen MR) is 73.0 cm³/mol. The lowest BCUT2D eigenvalue weighted by molar-refractivity contribution is 0.0818. The normalized spacial score (nSPS) is 21.7. The number of hydrogen-bond donors (Lipinski definition) is 0. The summed E-state index contributed by atoms with van der Waals surface area (Å²) in [7, 11) is 0. The van der Waals surface area contributed by atoms with Crippen LogP contribution in [0.15, 0.2) is 42.9 Å². The first kappa shape index (κ1) is 12.0. The van der Waals surface area contributed by atoms with Crippen molar-refractivity contribution in [1.82, 2.24) is 9.97 Å². The number of carbonyl (C=O) groups is 1. The average Bonchev–Trinajstić information content (AvgIpc) is 2.39. The van der Waals surface area contributed by atoms with E-state index < -0.39 is 0 Å². The Hall–Kier alpha value is -2.03. The molecule has 2 aromatic rings. The van der Waals surface area contributed by atoms with Crippen LogP contribution in [0.25, 0.3) is 0 Å². The van der Waals surface area contributed by atoms with E-state index in [1.54, 1.807) is 12.4 Å². The molecule has 3 nitrogen and oxygen atoms in total. The van der Waals surface area contributed by atoms with Gasteiger partial charge >= 0.3 is 0 Å². The van der Waals surface area contributed by atoms with Gasteiger partial charge in [-0.05, 0) is 49.4 Å². The van der Waals surface area contributed by atoms with E-state index >= 15 is 0 Å². The molecule has 0 amide bonds. The highest BCUT2D eigenvalue weighted by Crippen LogP contribution is 2.43. The van der Waals surface area contributed by atoms with Crippen molar-refractivity contribution in [1.29, 1.82) is 0 Å². The number of Topliss-reactive ketones (excluding diaryl/α,β-unsaturated/α-hetero) is 1. The zero-order chi connectivity index (χ0) is 13.2. The molecule has 0 N–H and O–H groups in total. The van der Waals surface area contributed by atoms with E-state index in [9.17, 15) is 4.79 Å². The van der Waals surface area contributed by atoms with E-state index in [-0.39, 0.29) is 11.7 Å². The average molecular weight is 252 g/mol. The van der Waals surface area contributed by atoms with Crippen LogP contribution in [0.5, 0.6) is 0 Å². The van der Waals surface area contributed by atoms with Gasteiger partial charge < -0.3 is 0 Å². The molecule has 3 rings (SSSR count). The van der Waals surface area contributed by atoms with Crippen molar-refractivity contribution in [3.05, 3.63) is 59.7 Å². The molecule has 0 aromatic carbocycles. The Labute approximate surface area is 112 Å². The zero-order valence-corrected chi connectivity index (χ0v) is 10.9. The quantitative estimate of drug-likeness (QED) is 0.788. The van der Waals surface area contributed by atoms with Crippen LogP contribution in [-0.4, -0.2) is 15.8 Å². The third kappa shape index (κ3) is 2.28. The molecule has 0 bridgehead atoms. The molecular formula is C16H16N2O. The zero-order valence-electron chi connectivity index (χ0n) is 10.9. The molecule has 1 aliphatic rings. The van der Waals surface area contributed by atoms with Gasteiger partial charge in [0.25, 0.3) is 0 Å². The molecule has 19 heavy (non-hydrogen) atoms. The number of aryl methyl sites for hydroxylation is 1. The predicted octanol–water partition coefficient (Wildman–Crippen LogP) is 3.16. The van der Waals surface area contributed by atoms with Gasteiger partial charge in [0.1, 0.15) is 0 Å². The fourth-order valence-corrected chi connectivity index (χ4v) is 2.64. The Morgan fingerprint density at radius 3 is 2.68 bits per heavy atom. The largest absolute Gasteiger partial charge is 0.294 e. The van der Waals surface area contributed by atoms with Crippen molar-refractivity contribution in [3.63, 3.8) is 0 Å². The van der Waals surface area contributed by atoms with Crippen LogP contribution in [-0.2, 0) is 0 Å². The minimum absolute atomic E-state index is 0.0914. The molecule has 96 valence electrons. The van der Waals surface area contributed by atoms with Gasteiger partial charge in [-0.15, -0.1) is 0 Å². The van der Waals surface area contributed by atoms with Crippen molar-refractivity contribution >= 4 is 5.78 Å². The van der Waals surface area contributed by atoms with Gasteiger partial charge in [-0.3, -0.25) is 14.8 Å². The number of carbonyl (C=O) groups excluding carboxylic acids is 1. The number of rotatable bonds is 3. The maximum atomic E-state index is 12.5. The second-order valence-corrected chi connectivity index (χ2v) is 5.13. The van der Waals surface area contributed by atoms with E-state index in [0.717, 1.165) is 24.1 Å². The van der Waals surface area contributed by atoms with Gasteiger partial charge in [0.15, 0.2) is 5.78 Å². The Bertz CT molecular complexity index is 577. The Balaban J connectivity index is 1.80. The molecule has 0 spiro atoms. The summed E-state index contributed by atoms with van der Waals surface area (Å²) in [5, 5.41) is 0. The van der Waals surface area contributed by atoms with Crippen molar-refractivity contribution in [2.24, 2.45) is 5.92 Å². The fraction of sp³-hybridized carbons (Fsp3) is 0.312. The van der Waals surface area contributed by atoms with Crippen molar-refractivity contribution in [2.75, 3.05) is 0 Å². The first-order valence-corrected chi connectivity index (χ1v) is 6.62. The molecule has 0 aliphatic heterocycles. The fourth-order valence-electron chi connectivity index (χ4n) is 2.64. The van der Waals surface area contributed by atoms with Crippen LogP contribution in [0.1, 0.15) is 40.4 Å². The summed E-state index contributed by atoms with van der Waals surface area (Å²) in [6.45, 7) is 1.93. The minimum Gasteiger partial charge on any atom is -0.294 e. The monoisotopic (exact) mass is 252 g/mol. The number of ketones is 1. The topological polar surface area (TPSA) is 42.9 Å². The minimum atomic E-state index is 0.0914. The summed E-state index contributed by atoms with van der Waals surface area (Å²) >= 11 is 0. The van der Waals surface area contributed by atoms with E-state index in [1.165, 1.54) is 5.56 Å². The second-order valence-electron chi connectivity index (χ2n) is 5.13. The number of hydrogen-bond acceptors (Lipinski definition) is 3. The number of nitrogens with zero attached hydrogens (tertiary/aromatic N) is 2. The van der Waals surface area contributed by atoms with Gasteiger partial charge in [0.2, 0.25) is 0 Å². The summed E-state index contributed by atoms with van der Waals surface area (Å²) in [5.41, 5.74) is 2.84. The van der Waals surface area contributed by atoms with Crippen LogP contribution in [0.3, 0.4) is 0 Å². The molecule has 1 saturated carbocycles. The van der Waals surface area contributed by atoms with Crippen LogP contribution >= 0.6 is 0 Å². The molecule has 0 saturated heterocycles. The molecule has 2 aromatic heterocycles. The van der Waals surface area contributed by atoms with Crippen molar-refractivity contribution in [3.8, 4) is 0 Å². The Morgan fingerprint density at radius 2 is 2.11 bits per heavy atom. The number of aromatic nitrogens is 2. The molecule has 2 unspecified atom stereocenters. The van der Waals surface area contributed by atoms with Crippen LogP contribution in [0.4, 0.5) is 0 Å². The van der Waals surface area contributed by atoms with Crippen LogP contribution < -0.4 is 0 Å². The third-order valence-electron chi connectivity index (χ3n) is 3.92. The summed E-state index contributed by atoms with van der Waals surface area (Å²) in [5.74, 6) is 0.629. The summed E-state index contributed by atoms with van der Waals surface area (Å²) < 4.78 is 0. The smallest absolute Gasteiger partial charge is 0.168 e. The lowest BCUT2D eigenvalue weighted by Gasteiger charge is -2.35. The third-order valence-corrected chi connectivity index (χ3v) is 3.92. The first-order valence-electron chi connectivity index (χ1n) is 6.62. The van der Waals surface area contributed by atoms with Crippen molar-refractivity contribution < 1.29 is 4.79 Å². The second kappa shape index (κ2) is 4.92. The lowest BCUT2D eigenvalue weighted by atomic mass is 9.67. The summed E-state index contributed by atoms with van der Waals surface area (Å²) in [6, 6.07) is 7.77. The highest BCUT2D eigenvalue weighted by Gasteiger charge is 2.37. The van der Waals surface area contributed by atoms with Gasteiger partial charge in [0, 0.05) is 35.8 Å². The van der Waals surface area contributed by atoms with E-state index in [2.05, 4.69) is 16.0 Å². The van der Waals surface area contributed by atoms with E-state index in [1.807, 2.05) is 31.3 Å². The highest BCUT2D eigenvalue weighted by molar-refractivity contribution is 5.98. The lowest BCUT2D eigenvalue weighted by Crippen LogP contribution is -2.31. The van der Waals surface area contributed by atoms with Crippen LogP contribution in [0.2, 0.25) is 0 Å². The summed E-state index contributed by atoms with van der Waals surface area (Å²) in [6.07, 6.45) is 7.37. The molecule has 1 aliphatic carbocycles. The molecule has 2 atom stereocenters.